The zero-order chi connectivity index (χ0) is 19.7. The van der Waals surface area contributed by atoms with E-state index < -0.39 is 16.6 Å². The third-order valence-electron chi connectivity index (χ3n) is 4.35. The fourth-order valence-electron chi connectivity index (χ4n) is 2.98. The van der Waals surface area contributed by atoms with Crippen molar-refractivity contribution in [2.45, 2.75) is 0 Å². The monoisotopic (exact) mass is 429 g/mol. The van der Waals surface area contributed by atoms with Crippen molar-refractivity contribution in [2.24, 2.45) is 0 Å². The van der Waals surface area contributed by atoms with Crippen molar-refractivity contribution in [3.63, 3.8) is 0 Å². The molecule has 7 nitrogen and oxygen atoms in total. The van der Waals surface area contributed by atoms with Crippen LogP contribution in [0.4, 0.5) is 11.4 Å². The molecule has 1 amide bonds. The van der Waals surface area contributed by atoms with Crippen LogP contribution in [0.15, 0.2) is 30.3 Å². The van der Waals surface area contributed by atoms with Crippen molar-refractivity contribution in [1.82, 2.24) is 4.90 Å². The van der Waals surface area contributed by atoms with Crippen molar-refractivity contribution in [3.8, 4) is 5.75 Å². The first kappa shape index (κ1) is 19.5. The number of hydrogen-bond acceptors (Lipinski definition) is 5. The van der Waals surface area contributed by atoms with Crippen molar-refractivity contribution in [3.05, 3.63) is 61.1 Å². The second kappa shape index (κ2) is 7.80. The van der Waals surface area contributed by atoms with Gasteiger partial charge in [0.25, 0.3) is 11.6 Å². The maximum atomic E-state index is 12.8. The summed E-state index contributed by atoms with van der Waals surface area (Å²) in [5.74, 6) is -0.915. The number of piperazine rings is 1. The summed E-state index contributed by atoms with van der Waals surface area (Å²) in [5, 5.41) is 21.3. The number of nitro groups is 1. The molecule has 1 fully saturated rings. The molecule has 1 saturated heterocycles. The number of anilines is 1. The molecule has 0 atom stereocenters. The average Bonchev–Trinajstić information content (AvgIpc) is 2.66. The number of aromatic hydroxyl groups is 1. The Morgan fingerprint density at radius 1 is 1.07 bits per heavy atom. The maximum absolute atomic E-state index is 12.8. The molecule has 142 valence electrons. The van der Waals surface area contributed by atoms with Gasteiger partial charge in [-0.25, -0.2) is 0 Å². The molecule has 1 aliphatic rings. The van der Waals surface area contributed by atoms with Gasteiger partial charge in [-0.1, -0.05) is 46.9 Å². The highest BCUT2D eigenvalue weighted by Gasteiger charge is 2.29. The van der Waals surface area contributed by atoms with Gasteiger partial charge < -0.3 is 14.9 Å². The molecule has 10 heteroatoms. The van der Waals surface area contributed by atoms with Crippen LogP contribution in [0.5, 0.6) is 5.75 Å². The maximum Gasteiger partial charge on any atom is 0.292 e. The van der Waals surface area contributed by atoms with Gasteiger partial charge in [0.1, 0.15) is 17.0 Å². The van der Waals surface area contributed by atoms with Crippen LogP contribution in [0.25, 0.3) is 0 Å². The van der Waals surface area contributed by atoms with Crippen LogP contribution < -0.4 is 4.90 Å². The van der Waals surface area contributed by atoms with Crippen LogP contribution in [-0.4, -0.2) is 47.0 Å². The fraction of sp³-hybridized carbons (Fsp3) is 0.235. The molecule has 0 unspecified atom stereocenters. The minimum Gasteiger partial charge on any atom is -0.505 e. The van der Waals surface area contributed by atoms with Gasteiger partial charge in [0, 0.05) is 32.2 Å². The highest BCUT2D eigenvalue weighted by molar-refractivity contribution is 6.45. The quantitative estimate of drug-likeness (QED) is 0.447. The van der Waals surface area contributed by atoms with Crippen molar-refractivity contribution in [2.75, 3.05) is 31.1 Å². The van der Waals surface area contributed by atoms with E-state index in [2.05, 4.69) is 0 Å². The molecule has 2 aromatic carbocycles. The Balaban J connectivity index is 1.79. The van der Waals surface area contributed by atoms with Gasteiger partial charge in [-0.2, -0.15) is 0 Å². The van der Waals surface area contributed by atoms with Crippen LogP contribution in [-0.2, 0) is 0 Å². The van der Waals surface area contributed by atoms with Crippen LogP contribution in [0, 0.1) is 10.1 Å². The minimum absolute atomic E-state index is 0.0135. The fourth-order valence-corrected chi connectivity index (χ4v) is 3.66. The van der Waals surface area contributed by atoms with Crippen LogP contribution >= 0.6 is 34.8 Å². The van der Waals surface area contributed by atoms with Gasteiger partial charge in [0.2, 0.25) is 0 Å². The number of phenolic OH excluding ortho intramolecular Hbond substituents is 1. The third kappa shape index (κ3) is 3.76. The van der Waals surface area contributed by atoms with Crippen molar-refractivity contribution in [1.29, 1.82) is 0 Å². The van der Waals surface area contributed by atoms with E-state index in [0.717, 1.165) is 0 Å². The molecule has 1 heterocycles. The number of halogens is 3. The number of rotatable bonds is 3. The second-order valence-electron chi connectivity index (χ2n) is 5.90. The lowest BCUT2D eigenvalue weighted by Crippen LogP contribution is -2.49. The number of nitrogens with zero attached hydrogens (tertiary/aromatic N) is 3. The van der Waals surface area contributed by atoms with E-state index in [1.165, 1.54) is 17.0 Å². The first-order valence-electron chi connectivity index (χ1n) is 7.95. The predicted octanol–water partition coefficient (Wildman–Crippen LogP) is 4.22. The average molecular weight is 431 g/mol. The standard InChI is InChI=1S/C17H14Cl3N3O4/c18-10-9-11(19)16(24)14(15(10)20)17(25)22-7-5-21(6-8-22)12-3-1-2-4-13(12)23(26)27/h1-4,9,24H,5-8H2. The lowest BCUT2D eigenvalue weighted by Gasteiger charge is -2.36. The summed E-state index contributed by atoms with van der Waals surface area (Å²) < 4.78 is 0. The van der Waals surface area contributed by atoms with E-state index in [-0.39, 0.29) is 26.3 Å². The van der Waals surface area contributed by atoms with E-state index in [1.54, 1.807) is 18.2 Å². The molecule has 27 heavy (non-hydrogen) atoms. The van der Waals surface area contributed by atoms with Gasteiger partial charge in [-0.15, -0.1) is 0 Å². The molecule has 0 radical (unpaired) electrons. The van der Waals surface area contributed by atoms with Crippen LogP contribution in [0.3, 0.4) is 0 Å². The molecule has 1 aliphatic heterocycles. The normalized spacial score (nSPS) is 14.3. The van der Waals surface area contributed by atoms with Crippen LogP contribution in [0.1, 0.15) is 10.4 Å². The summed E-state index contributed by atoms with van der Waals surface area (Å²) in [5.41, 5.74) is 0.370. The number of carbonyl (C=O) groups excluding carboxylic acids is 1. The molecule has 0 saturated carbocycles. The summed E-state index contributed by atoms with van der Waals surface area (Å²) in [6.07, 6.45) is 0. The molecule has 0 bridgehead atoms. The lowest BCUT2D eigenvalue weighted by atomic mass is 10.1. The van der Waals surface area contributed by atoms with Crippen molar-refractivity contribution < 1.29 is 14.8 Å². The number of phenols is 1. The van der Waals surface area contributed by atoms with E-state index in [4.69, 9.17) is 34.8 Å². The second-order valence-corrected chi connectivity index (χ2v) is 7.10. The Morgan fingerprint density at radius 2 is 1.70 bits per heavy atom. The smallest absolute Gasteiger partial charge is 0.292 e. The first-order valence-corrected chi connectivity index (χ1v) is 9.08. The number of benzene rings is 2. The Labute approximate surface area is 169 Å². The molecular formula is C17H14Cl3N3O4. The molecular weight excluding hydrogens is 417 g/mol. The molecule has 0 spiro atoms. The largest absolute Gasteiger partial charge is 0.505 e. The highest BCUT2D eigenvalue weighted by atomic mass is 35.5. The van der Waals surface area contributed by atoms with E-state index in [9.17, 15) is 20.0 Å². The summed E-state index contributed by atoms with van der Waals surface area (Å²) in [4.78, 5) is 26.9. The minimum atomic E-state index is -0.496. The molecule has 0 aromatic heterocycles. The summed E-state index contributed by atoms with van der Waals surface area (Å²) >= 11 is 17.9. The van der Waals surface area contributed by atoms with Gasteiger partial charge in [0.05, 0.1) is 20.0 Å². The molecule has 2 aromatic rings. The van der Waals surface area contributed by atoms with Gasteiger partial charge in [0.15, 0.2) is 0 Å². The highest BCUT2D eigenvalue weighted by Crippen LogP contribution is 2.39. The van der Waals surface area contributed by atoms with Crippen LogP contribution in [0.2, 0.25) is 15.1 Å². The summed E-state index contributed by atoms with van der Waals surface area (Å²) in [7, 11) is 0. The SMILES string of the molecule is O=C(c1c(O)c(Cl)cc(Cl)c1Cl)N1CCN(c2ccccc2[N+](=O)[O-])CC1. The number of hydrogen-bond donors (Lipinski definition) is 1. The van der Waals surface area contributed by atoms with Crippen molar-refractivity contribution >= 4 is 52.1 Å². The molecule has 1 N–H and O–H groups in total. The van der Waals surface area contributed by atoms with Gasteiger partial charge in [-0.05, 0) is 12.1 Å². The predicted molar refractivity (Wildman–Crippen MR) is 104 cm³/mol. The van der Waals surface area contributed by atoms with E-state index in [1.807, 2.05) is 4.90 Å². The molecule has 3 rings (SSSR count). The topological polar surface area (TPSA) is 86.9 Å². The Bertz CT molecular complexity index is 888. The summed E-state index contributed by atoms with van der Waals surface area (Å²) in [6, 6.07) is 7.72. The molecule has 0 aliphatic carbocycles. The zero-order valence-electron chi connectivity index (χ0n) is 13.9. The van der Waals surface area contributed by atoms with Gasteiger partial charge >= 0.3 is 0 Å². The number of amides is 1. The van der Waals surface area contributed by atoms with Gasteiger partial charge in [-0.3, -0.25) is 14.9 Å². The Hall–Kier alpha value is -2.22. The Morgan fingerprint density at radius 3 is 2.33 bits per heavy atom. The zero-order valence-corrected chi connectivity index (χ0v) is 16.1. The number of para-hydroxylation sites is 2. The lowest BCUT2D eigenvalue weighted by molar-refractivity contribution is -0.384. The Kier molecular flexibility index (Phi) is 5.64. The third-order valence-corrected chi connectivity index (χ3v) is 5.42. The number of carbonyl (C=O) groups is 1. The van der Waals surface area contributed by atoms with E-state index >= 15 is 0 Å². The number of nitro benzene ring substituents is 1. The summed E-state index contributed by atoms with van der Waals surface area (Å²) in [6.45, 7) is 1.38. The first-order chi connectivity index (χ1) is 12.8. The van der Waals surface area contributed by atoms with E-state index in [0.29, 0.717) is 31.9 Å².